The fraction of sp³-hybridized carbons (Fsp3) is 0.421. The van der Waals surface area contributed by atoms with Gasteiger partial charge in [-0.25, -0.2) is 4.79 Å². The summed E-state index contributed by atoms with van der Waals surface area (Å²) in [6.07, 6.45) is 0.170. The molecular weight excluding hydrogens is 348 g/mol. The molecule has 0 saturated heterocycles. The molecule has 8 nitrogen and oxygen atoms in total. The second-order valence-corrected chi connectivity index (χ2v) is 7.36. The van der Waals surface area contributed by atoms with Crippen LogP contribution in [-0.2, 0) is 17.7 Å². The van der Waals surface area contributed by atoms with E-state index in [2.05, 4.69) is 15.5 Å². The van der Waals surface area contributed by atoms with Crippen molar-refractivity contribution in [2.75, 3.05) is 19.0 Å². The predicted octanol–water partition coefficient (Wildman–Crippen LogP) is 2.96. The van der Waals surface area contributed by atoms with Gasteiger partial charge in [0.1, 0.15) is 11.4 Å². The molecule has 0 bridgehead atoms. The summed E-state index contributed by atoms with van der Waals surface area (Å²) in [5.74, 6) is 0.427. The molecule has 1 aromatic carbocycles. The quantitative estimate of drug-likeness (QED) is 0.863. The number of anilines is 1. The van der Waals surface area contributed by atoms with Gasteiger partial charge in [0.25, 0.3) is 5.91 Å². The second kappa shape index (κ2) is 7.30. The summed E-state index contributed by atoms with van der Waals surface area (Å²) in [4.78, 5) is 26.4. The Kier molecular flexibility index (Phi) is 5.07. The van der Waals surface area contributed by atoms with Crippen molar-refractivity contribution in [2.24, 2.45) is 0 Å². The van der Waals surface area contributed by atoms with Crippen molar-refractivity contribution in [1.82, 2.24) is 15.1 Å². The van der Waals surface area contributed by atoms with Crippen LogP contribution in [0.3, 0.4) is 0 Å². The van der Waals surface area contributed by atoms with Crippen LogP contribution in [0.15, 0.2) is 24.3 Å². The number of aromatic nitrogens is 2. The standard InChI is InChI=1S/C19H24N4O4/c1-19(2,3)27-18(25)23-10-9-14-15(11-23)21-22-16(14)17(24)20-12-5-7-13(26-4)8-6-12/h5-8H,9-11H2,1-4H3,(H,20,24)(H,21,22). The highest BCUT2D eigenvalue weighted by Gasteiger charge is 2.30. The van der Waals surface area contributed by atoms with Gasteiger partial charge < -0.3 is 19.7 Å². The molecule has 8 heteroatoms. The average molecular weight is 372 g/mol. The minimum absolute atomic E-state index is 0.289. The molecule has 1 aliphatic rings. The van der Waals surface area contributed by atoms with E-state index in [-0.39, 0.29) is 12.0 Å². The van der Waals surface area contributed by atoms with Gasteiger partial charge >= 0.3 is 6.09 Å². The van der Waals surface area contributed by atoms with Gasteiger partial charge in [-0.05, 0) is 51.5 Å². The number of ether oxygens (including phenoxy) is 2. The van der Waals surface area contributed by atoms with Crippen LogP contribution < -0.4 is 10.1 Å². The maximum absolute atomic E-state index is 12.6. The number of hydrogen-bond acceptors (Lipinski definition) is 5. The molecular formula is C19H24N4O4. The Morgan fingerprint density at radius 2 is 1.93 bits per heavy atom. The van der Waals surface area contributed by atoms with Crippen LogP contribution in [-0.4, -0.2) is 46.4 Å². The Morgan fingerprint density at radius 3 is 2.56 bits per heavy atom. The molecule has 0 unspecified atom stereocenters. The Hall–Kier alpha value is -3.03. The lowest BCUT2D eigenvalue weighted by Gasteiger charge is -2.29. The lowest BCUT2D eigenvalue weighted by molar-refractivity contribution is 0.0221. The molecule has 0 fully saturated rings. The van der Waals surface area contributed by atoms with Gasteiger partial charge in [0, 0.05) is 17.8 Å². The minimum atomic E-state index is -0.547. The van der Waals surface area contributed by atoms with Crippen LogP contribution >= 0.6 is 0 Å². The minimum Gasteiger partial charge on any atom is -0.497 e. The van der Waals surface area contributed by atoms with Crippen molar-refractivity contribution in [3.05, 3.63) is 41.2 Å². The summed E-state index contributed by atoms with van der Waals surface area (Å²) in [6, 6.07) is 7.07. The zero-order valence-electron chi connectivity index (χ0n) is 16.0. The van der Waals surface area contributed by atoms with Crippen molar-refractivity contribution in [1.29, 1.82) is 0 Å². The molecule has 0 spiro atoms. The summed E-state index contributed by atoms with van der Waals surface area (Å²) in [7, 11) is 1.59. The Morgan fingerprint density at radius 1 is 1.22 bits per heavy atom. The molecule has 0 aliphatic carbocycles. The van der Waals surface area contributed by atoms with Gasteiger partial charge in [-0.2, -0.15) is 5.10 Å². The van der Waals surface area contributed by atoms with E-state index in [1.807, 2.05) is 20.8 Å². The van der Waals surface area contributed by atoms with Crippen LogP contribution in [0.4, 0.5) is 10.5 Å². The smallest absolute Gasteiger partial charge is 0.410 e. The van der Waals surface area contributed by atoms with Crippen molar-refractivity contribution < 1.29 is 19.1 Å². The van der Waals surface area contributed by atoms with Gasteiger partial charge in [-0.1, -0.05) is 0 Å². The van der Waals surface area contributed by atoms with Gasteiger partial charge in [0.2, 0.25) is 0 Å². The number of fused-ring (bicyclic) bond motifs is 1. The van der Waals surface area contributed by atoms with Crippen LogP contribution in [0.5, 0.6) is 5.75 Å². The molecule has 144 valence electrons. The van der Waals surface area contributed by atoms with Crippen LogP contribution in [0.1, 0.15) is 42.5 Å². The molecule has 3 rings (SSSR count). The average Bonchev–Trinajstić information content (AvgIpc) is 3.04. The van der Waals surface area contributed by atoms with Crippen molar-refractivity contribution in [2.45, 2.75) is 39.3 Å². The number of aromatic amines is 1. The van der Waals surface area contributed by atoms with Crippen LogP contribution in [0.25, 0.3) is 0 Å². The zero-order valence-corrected chi connectivity index (χ0v) is 16.0. The molecule has 27 heavy (non-hydrogen) atoms. The van der Waals surface area contributed by atoms with E-state index in [4.69, 9.17) is 9.47 Å². The number of H-pyrrole nitrogens is 1. The Balaban J connectivity index is 1.68. The predicted molar refractivity (Wildman–Crippen MR) is 99.9 cm³/mol. The number of hydrogen-bond donors (Lipinski definition) is 2. The molecule has 0 atom stereocenters. The number of benzene rings is 1. The normalized spacial score (nSPS) is 13.7. The highest BCUT2D eigenvalue weighted by atomic mass is 16.6. The molecule has 2 aromatic rings. The van der Waals surface area contributed by atoms with Gasteiger partial charge in [-0.3, -0.25) is 9.89 Å². The van der Waals surface area contributed by atoms with E-state index in [1.54, 1.807) is 36.3 Å². The summed E-state index contributed by atoms with van der Waals surface area (Å²) >= 11 is 0. The molecule has 2 N–H and O–H groups in total. The number of methoxy groups -OCH3 is 1. The lowest BCUT2D eigenvalue weighted by Crippen LogP contribution is -2.40. The van der Waals surface area contributed by atoms with Gasteiger partial charge in [0.05, 0.1) is 19.3 Å². The van der Waals surface area contributed by atoms with E-state index in [9.17, 15) is 9.59 Å². The Bertz CT molecular complexity index is 836. The third-order valence-electron chi connectivity index (χ3n) is 4.15. The van der Waals surface area contributed by atoms with E-state index >= 15 is 0 Å². The van der Waals surface area contributed by atoms with Gasteiger partial charge in [-0.15, -0.1) is 0 Å². The molecule has 2 heterocycles. The first-order valence-corrected chi connectivity index (χ1v) is 8.76. The molecule has 0 saturated carbocycles. The number of carbonyl (C=O) groups is 2. The van der Waals surface area contributed by atoms with Crippen molar-refractivity contribution in [3.63, 3.8) is 0 Å². The van der Waals surface area contributed by atoms with Crippen LogP contribution in [0.2, 0.25) is 0 Å². The summed E-state index contributed by atoms with van der Waals surface area (Å²) in [6.45, 7) is 6.31. The first kappa shape index (κ1) is 18.8. The Labute approximate surface area is 157 Å². The monoisotopic (exact) mass is 372 g/mol. The second-order valence-electron chi connectivity index (χ2n) is 7.36. The number of nitrogens with one attached hydrogen (secondary N) is 2. The first-order valence-electron chi connectivity index (χ1n) is 8.76. The van der Waals surface area contributed by atoms with Gasteiger partial charge in [0.15, 0.2) is 5.69 Å². The summed E-state index contributed by atoms with van der Waals surface area (Å²) in [5.41, 5.74) is 2.05. The highest BCUT2D eigenvalue weighted by Crippen LogP contribution is 2.23. The molecule has 1 aromatic heterocycles. The topological polar surface area (TPSA) is 96.5 Å². The first-order chi connectivity index (χ1) is 12.8. The fourth-order valence-electron chi connectivity index (χ4n) is 2.85. The summed E-state index contributed by atoms with van der Waals surface area (Å²) < 4.78 is 10.5. The zero-order chi connectivity index (χ0) is 19.6. The SMILES string of the molecule is COc1ccc(NC(=O)c2n[nH]c3c2CCN(C(=O)OC(C)(C)C)C3)cc1. The lowest BCUT2D eigenvalue weighted by atomic mass is 10.0. The third-order valence-corrected chi connectivity index (χ3v) is 4.15. The maximum atomic E-state index is 12.6. The number of amides is 2. The molecule has 2 amide bonds. The maximum Gasteiger partial charge on any atom is 0.410 e. The highest BCUT2D eigenvalue weighted by molar-refractivity contribution is 6.04. The van der Waals surface area contributed by atoms with Crippen molar-refractivity contribution >= 4 is 17.7 Å². The molecule has 0 radical (unpaired) electrons. The van der Waals surface area contributed by atoms with Crippen molar-refractivity contribution in [3.8, 4) is 5.75 Å². The van der Waals surface area contributed by atoms with E-state index in [0.717, 1.165) is 11.3 Å². The molecule has 1 aliphatic heterocycles. The number of carbonyl (C=O) groups excluding carboxylic acids is 2. The third kappa shape index (κ3) is 4.39. The fourth-order valence-corrected chi connectivity index (χ4v) is 2.85. The van der Waals surface area contributed by atoms with E-state index < -0.39 is 5.60 Å². The largest absolute Gasteiger partial charge is 0.497 e. The van der Waals surface area contributed by atoms with E-state index in [1.165, 1.54) is 0 Å². The summed E-state index contributed by atoms with van der Waals surface area (Å²) in [5, 5.41) is 9.86. The number of rotatable bonds is 3. The van der Waals surface area contributed by atoms with Crippen LogP contribution in [0, 0.1) is 0 Å². The van der Waals surface area contributed by atoms with E-state index in [0.29, 0.717) is 36.6 Å². The number of nitrogens with zero attached hydrogens (tertiary/aromatic N) is 2.